The number of hydrogen-bond donors (Lipinski definition) is 2. The standard InChI is InChI=1S/C19H21NO4/c21-18(22)13-5-2-8-14-24-17-12-7-6-11-16(17)20-19(23)15-9-3-1-4-10-15/h1,3-4,6-7,9-12H,2,5,8,13-14H2,(H,20,23)(H,21,22). The number of benzene rings is 2. The number of nitrogens with one attached hydrogen (secondary N) is 1. The number of carboxylic acids is 1. The van der Waals surface area contributed by atoms with Crippen molar-refractivity contribution >= 4 is 17.6 Å². The highest BCUT2D eigenvalue weighted by atomic mass is 16.5. The third-order valence-electron chi connectivity index (χ3n) is 3.46. The van der Waals surface area contributed by atoms with Crippen molar-refractivity contribution in [3.8, 4) is 5.75 Å². The molecule has 2 N–H and O–H groups in total. The van der Waals surface area contributed by atoms with Crippen molar-refractivity contribution < 1.29 is 19.4 Å². The van der Waals surface area contributed by atoms with Gasteiger partial charge in [-0.2, -0.15) is 0 Å². The molecule has 0 aliphatic rings. The van der Waals surface area contributed by atoms with E-state index >= 15 is 0 Å². The predicted molar refractivity (Wildman–Crippen MR) is 92.4 cm³/mol. The van der Waals surface area contributed by atoms with Gasteiger partial charge in [0.25, 0.3) is 5.91 Å². The summed E-state index contributed by atoms with van der Waals surface area (Å²) in [6.07, 6.45) is 2.40. The summed E-state index contributed by atoms with van der Waals surface area (Å²) in [6.45, 7) is 0.484. The maximum Gasteiger partial charge on any atom is 0.303 e. The molecule has 2 aromatic carbocycles. The Morgan fingerprint density at radius 1 is 0.917 bits per heavy atom. The zero-order valence-electron chi connectivity index (χ0n) is 13.4. The number of amides is 1. The molecule has 0 atom stereocenters. The second-order valence-electron chi connectivity index (χ2n) is 5.37. The zero-order valence-corrected chi connectivity index (χ0v) is 13.4. The maximum atomic E-state index is 12.2. The van der Waals surface area contributed by atoms with Crippen LogP contribution >= 0.6 is 0 Å². The Morgan fingerprint density at radius 2 is 1.62 bits per heavy atom. The number of unbranched alkanes of at least 4 members (excludes halogenated alkanes) is 2. The first kappa shape index (κ1) is 17.5. The number of ether oxygens (including phenoxy) is 1. The second kappa shape index (κ2) is 9.35. The van der Waals surface area contributed by atoms with Crippen LogP contribution in [0.4, 0.5) is 5.69 Å². The van der Waals surface area contributed by atoms with Crippen LogP contribution in [0.1, 0.15) is 36.0 Å². The number of rotatable bonds is 9. The molecule has 0 heterocycles. The number of para-hydroxylation sites is 2. The van der Waals surface area contributed by atoms with Gasteiger partial charge in [-0.1, -0.05) is 30.3 Å². The Hall–Kier alpha value is -2.82. The number of carbonyl (C=O) groups is 2. The Morgan fingerprint density at radius 3 is 2.38 bits per heavy atom. The highest BCUT2D eigenvalue weighted by Gasteiger charge is 2.09. The molecule has 0 saturated carbocycles. The van der Waals surface area contributed by atoms with Gasteiger partial charge in [-0.25, -0.2) is 0 Å². The number of carboxylic acid groups (broad SMARTS) is 1. The third-order valence-corrected chi connectivity index (χ3v) is 3.46. The molecule has 5 nitrogen and oxygen atoms in total. The van der Waals surface area contributed by atoms with E-state index in [2.05, 4.69) is 5.32 Å². The van der Waals surface area contributed by atoms with Gasteiger partial charge in [0.05, 0.1) is 12.3 Å². The normalized spacial score (nSPS) is 10.2. The predicted octanol–water partition coefficient (Wildman–Crippen LogP) is 3.96. The zero-order chi connectivity index (χ0) is 17.2. The fourth-order valence-corrected chi connectivity index (χ4v) is 2.22. The average molecular weight is 327 g/mol. The lowest BCUT2D eigenvalue weighted by Gasteiger charge is -2.12. The molecule has 2 aromatic rings. The van der Waals surface area contributed by atoms with Gasteiger partial charge in [-0.05, 0) is 43.5 Å². The molecule has 126 valence electrons. The van der Waals surface area contributed by atoms with Gasteiger partial charge in [-0.3, -0.25) is 9.59 Å². The van der Waals surface area contributed by atoms with E-state index in [0.717, 1.165) is 12.8 Å². The second-order valence-corrected chi connectivity index (χ2v) is 5.37. The number of hydrogen-bond acceptors (Lipinski definition) is 3. The van der Waals surface area contributed by atoms with E-state index in [1.165, 1.54) is 0 Å². The minimum absolute atomic E-state index is 0.184. The van der Waals surface area contributed by atoms with Gasteiger partial charge in [0.15, 0.2) is 0 Å². The monoisotopic (exact) mass is 327 g/mol. The summed E-state index contributed by atoms with van der Waals surface area (Å²) in [5, 5.41) is 11.4. The number of anilines is 1. The van der Waals surface area contributed by atoms with Gasteiger partial charge >= 0.3 is 5.97 Å². The first-order valence-corrected chi connectivity index (χ1v) is 7.97. The summed E-state index contributed by atoms with van der Waals surface area (Å²) < 4.78 is 5.72. The molecule has 1 amide bonds. The summed E-state index contributed by atoms with van der Waals surface area (Å²) >= 11 is 0. The van der Waals surface area contributed by atoms with Crippen molar-refractivity contribution in [3.63, 3.8) is 0 Å². The average Bonchev–Trinajstić information content (AvgIpc) is 2.59. The molecule has 0 unspecified atom stereocenters. The molecule has 0 bridgehead atoms. The first-order chi connectivity index (χ1) is 11.7. The van der Waals surface area contributed by atoms with Crippen LogP contribution in [0, 0.1) is 0 Å². The Balaban J connectivity index is 1.86. The van der Waals surface area contributed by atoms with Crippen molar-refractivity contribution in [2.45, 2.75) is 25.7 Å². The van der Waals surface area contributed by atoms with E-state index in [1.807, 2.05) is 30.3 Å². The summed E-state index contributed by atoms with van der Waals surface area (Å²) in [5.74, 6) is -0.349. The fraction of sp³-hybridized carbons (Fsp3) is 0.263. The number of carbonyl (C=O) groups excluding carboxylic acids is 1. The van der Waals surface area contributed by atoms with Crippen molar-refractivity contribution in [1.29, 1.82) is 0 Å². The number of aliphatic carboxylic acids is 1. The SMILES string of the molecule is O=C(O)CCCCCOc1ccccc1NC(=O)c1ccccc1. The van der Waals surface area contributed by atoms with E-state index in [9.17, 15) is 9.59 Å². The molecule has 5 heteroatoms. The summed E-state index contributed by atoms with van der Waals surface area (Å²) in [5.41, 5.74) is 1.21. The third kappa shape index (κ3) is 5.76. The lowest BCUT2D eigenvalue weighted by molar-refractivity contribution is -0.137. The van der Waals surface area contributed by atoms with Crippen molar-refractivity contribution in [3.05, 3.63) is 60.2 Å². The van der Waals surface area contributed by atoms with Gasteiger partial charge in [0.2, 0.25) is 0 Å². The maximum absolute atomic E-state index is 12.2. The minimum Gasteiger partial charge on any atom is -0.491 e. The quantitative estimate of drug-likeness (QED) is 0.684. The van der Waals surface area contributed by atoms with Crippen LogP contribution in [0.5, 0.6) is 5.75 Å². The molecule has 0 aliphatic carbocycles. The molecule has 0 aromatic heterocycles. The smallest absolute Gasteiger partial charge is 0.303 e. The van der Waals surface area contributed by atoms with E-state index < -0.39 is 5.97 Å². The van der Waals surface area contributed by atoms with Gasteiger partial charge in [0, 0.05) is 12.0 Å². The molecule has 0 saturated heterocycles. The lowest BCUT2D eigenvalue weighted by Crippen LogP contribution is -2.13. The van der Waals surface area contributed by atoms with Crippen molar-refractivity contribution in [2.75, 3.05) is 11.9 Å². The van der Waals surface area contributed by atoms with E-state index in [-0.39, 0.29) is 12.3 Å². The Bertz CT molecular complexity index is 670. The molecule has 0 spiro atoms. The van der Waals surface area contributed by atoms with E-state index in [0.29, 0.717) is 30.0 Å². The van der Waals surface area contributed by atoms with Crippen LogP contribution in [-0.4, -0.2) is 23.6 Å². The van der Waals surface area contributed by atoms with Crippen LogP contribution in [0.15, 0.2) is 54.6 Å². The summed E-state index contributed by atoms with van der Waals surface area (Å²) in [7, 11) is 0. The fourth-order valence-electron chi connectivity index (χ4n) is 2.22. The highest BCUT2D eigenvalue weighted by molar-refractivity contribution is 6.04. The van der Waals surface area contributed by atoms with Crippen molar-refractivity contribution in [1.82, 2.24) is 0 Å². The van der Waals surface area contributed by atoms with Crippen LogP contribution in [0.25, 0.3) is 0 Å². The van der Waals surface area contributed by atoms with Gasteiger partial charge < -0.3 is 15.2 Å². The molecule has 0 aliphatic heterocycles. The first-order valence-electron chi connectivity index (χ1n) is 7.97. The van der Waals surface area contributed by atoms with Crippen LogP contribution in [0.3, 0.4) is 0 Å². The molecule has 0 radical (unpaired) electrons. The molecular weight excluding hydrogens is 306 g/mol. The Labute approximate surface area is 141 Å². The van der Waals surface area contributed by atoms with Crippen LogP contribution in [-0.2, 0) is 4.79 Å². The minimum atomic E-state index is -0.773. The summed E-state index contributed by atoms with van der Waals surface area (Å²) in [4.78, 5) is 22.7. The van der Waals surface area contributed by atoms with Crippen molar-refractivity contribution in [2.24, 2.45) is 0 Å². The summed E-state index contributed by atoms with van der Waals surface area (Å²) in [6, 6.07) is 16.3. The Kier molecular flexibility index (Phi) is 6.83. The van der Waals surface area contributed by atoms with E-state index in [1.54, 1.807) is 24.3 Å². The van der Waals surface area contributed by atoms with Gasteiger partial charge in [0.1, 0.15) is 5.75 Å². The van der Waals surface area contributed by atoms with Crippen LogP contribution in [0.2, 0.25) is 0 Å². The lowest BCUT2D eigenvalue weighted by atomic mass is 10.2. The molecular formula is C19H21NO4. The molecule has 2 rings (SSSR count). The topological polar surface area (TPSA) is 75.6 Å². The molecule has 0 fully saturated rings. The largest absolute Gasteiger partial charge is 0.491 e. The van der Waals surface area contributed by atoms with E-state index in [4.69, 9.17) is 9.84 Å². The van der Waals surface area contributed by atoms with Gasteiger partial charge in [-0.15, -0.1) is 0 Å². The highest BCUT2D eigenvalue weighted by Crippen LogP contribution is 2.24. The molecule has 24 heavy (non-hydrogen) atoms. The van der Waals surface area contributed by atoms with Crippen LogP contribution < -0.4 is 10.1 Å².